The number of aliphatic hydroxyl groups is 1. The summed E-state index contributed by atoms with van der Waals surface area (Å²) in [6.07, 6.45) is 1.32. The van der Waals surface area contributed by atoms with E-state index in [1.165, 1.54) is 0 Å². The normalized spacial score (nSPS) is 22.6. The summed E-state index contributed by atoms with van der Waals surface area (Å²) < 4.78 is 0. The average Bonchev–Trinajstić information content (AvgIpc) is 2.36. The third kappa shape index (κ3) is 1.96. The van der Waals surface area contributed by atoms with E-state index in [0.717, 1.165) is 29.6 Å². The van der Waals surface area contributed by atoms with Crippen molar-refractivity contribution >= 4 is 22.7 Å². The maximum absolute atomic E-state index is 9.31. The Morgan fingerprint density at radius 3 is 2.72 bits per heavy atom. The fourth-order valence-electron chi connectivity index (χ4n) is 2.15. The summed E-state index contributed by atoms with van der Waals surface area (Å²) in [4.78, 5) is 8.61. The second-order valence-corrected chi connectivity index (χ2v) is 4.52. The van der Waals surface area contributed by atoms with Gasteiger partial charge in [0.2, 0.25) is 5.95 Å². The van der Waals surface area contributed by atoms with Gasteiger partial charge in [-0.2, -0.15) is 4.98 Å². The van der Waals surface area contributed by atoms with Crippen LogP contribution in [0.3, 0.4) is 0 Å². The molecule has 18 heavy (non-hydrogen) atoms. The Morgan fingerprint density at radius 2 is 2.00 bits per heavy atom. The Balaban J connectivity index is 1.97. The molecule has 6 heteroatoms. The molecule has 1 aliphatic carbocycles. The molecule has 0 aliphatic heterocycles. The molecular formula is C12H15N5O. The molecule has 3 rings (SSSR count). The molecule has 5 N–H and O–H groups in total. The zero-order valence-electron chi connectivity index (χ0n) is 9.80. The minimum Gasteiger partial charge on any atom is -0.393 e. The number of para-hydroxylation sites is 1. The van der Waals surface area contributed by atoms with Crippen molar-refractivity contribution in [3.63, 3.8) is 0 Å². The maximum Gasteiger partial charge on any atom is 0.239 e. The first-order valence-corrected chi connectivity index (χ1v) is 5.94. The van der Waals surface area contributed by atoms with Gasteiger partial charge in [-0.15, -0.1) is 0 Å². The fraction of sp³-hybridized carbons (Fsp3) is 0.333. The number of nitrogen functional groups attached to an aromatic ring is 1. The van der Waals surface area contributed by atoms with Gasteiger partial charge in [0, 0.05) is 11.4 Å². The third-order valence-corrected chi connectivity index (χ3v) is 3.19. The number of nitrogens with zero attached hydrogens (tertiary/aromatic N) is 2. The summed E-state index contributed by atoms with van der Waals surface area (Å²) >= 11 is 0. The van der Waals surface area contributed by atoms with Crippen molar-refractivity contribution < 1.29 is 5.11 Å². The van der Waals surface area contributed by atoms with Crippen molar-refractivity contribution in [2.24, 2.45) is 5.84 Å². The molecule has 2 aromatic rings. The van der Waals surface area contributed by atoms with Gasteiger partial charge >= 0.3 is 0 Å². The smallest absolute Gasteiger partial charge is 0.239 e. The quantitative estimate of drug-likeness (QED) is 0.473. The SMILES string of the molecule is NNc1nc(NC2CC(O)C2)c2ccccc2n1. The van der Waals surface area contributed by atoms with Gasteiger partial charge < -0.3 is 10.4 Å². The van der Waals surface area contributed by atoms with Crippen molar-refractivity contribution in [2.75, 3.05) is 10.7 Å². The lowest BCUT2D eigenvalue weighted by Gasteiger charge is -2.32. The molecule has 1 fully saturated rings. The lowest BCUT2D eigenvalue weighted by Crippen LogP contribution is -2.39. The van der Waals surface area contributed by atoms with Crippen LogP contribution in [0, 0.1) is 0 Å². The average molecular weight is 245 g/mol. The predicted molar refractivity (Wildman–Crippen MR) is 70.0 cm³/mol. The van der Waals surface area contributed by atoms with Gasteiger partial charge in [-0.1, -0.05) is 12.1 Å². The minimum atomic E-state index is -0.192. The van der Waals surface area contributed by atoms with Crippen LogP contribution in [-0.4, -0.2) is 27.2 Å². The molecule has 6 nitrogen and oxygen atoms in total. The number of fused-ring (bicyclic) bond motifs is 1. The highest BCUT2D eigenvalue weighted by Crippen LogP contribution is 2.27. The van der Waals surface area contributed by atoms with Crippen molar-refractivity contribution in [1.82, 2.24) is 9.97 Å². The lowest BCUT2D eigenvalue weighted by atomic mass is 9.89. The van der Waals surface area contributed by atoms with Crippen molar-refractivity contribution in [3.05, 3.63) is 24.3 Å². The zero-order chi connectivity index (χ0) is 12.5. The van der Waals surface area contributed by atoms with Gasteiger partial charge in [-0.25, -0.2) is 10.8 Å². The monoisotopic (exact) mass is 245 g/mol. The molecule has 0 bridgehead atoms. The van der Waals surface area contributed by atoms with E-state index in [4.69, 9.17) is 5.84 Å². The molecule has 1 aromatic carbocycles. The molecule has 0 unspecified atom stereocenters. The van der Waals surface area contributed by atoms with Crippen molar-refractivity contribution in [3.8, 4) is 0 Å². The number of nitrogens with one attached hydrogen (secondary N) is 2. The van der Waals surface area contributed by atoms with Crippen LogP contribution >= 0.6 is 0 Å². The zero-order valence-corrected chi connectivity index (χ0v) is 9.80. The molecule has 0 atom stereocenters. The van der Waals surface area contributed by atoms with Crippen LogP contribution in [-0.2, 0) is 0 Å². The number of hydrazine groups is 1. The van der Waals surface area contributed by atoms with Gasteiger partial charge in [0.25, 0.3) is 0 Å². The van der Waals surface area contributed by atoms with Crippen LogP contribution in [0.15, 0.2) is 24.3 Å². The molecule has 0 saturated heterocycles. The first-order chi connectivity index (χ1) is 8.76. The second-order valence-electron chi connectivity index (χ2n) is 4.52. The summed E-state index contributed by atoms with van der Waals surface area (Å²) in [7, 11) is 0. The molecule has 0 radical (unpaired) electrons. The lowest BCUT2D eigenvalue weighted by molar-refractivity contribution is 0.0836. The van der Waals surface area contributed by atoms with E-state index < -0.39 is 0 Å². The summed E-state index contributed by atoms with van der Waals surface area (Å²) in [5.41, 5.74) is 3.30. The van der Waals surface area contributed by atoms with Crippen LogP contribution in [0.1, 0.15) is 12.8 Å². The Bertz CT molecular complexity index is 567. The summed E-state index contributed by atoms with van der Waals surface area (Å²) in [6, 6.07) is 8.02. The standard InChI is InChI=1S/C12H15N5O/c13-17-12-15-10-4-2-1-3-9(10)11(16-12)14-7-5-8(18)6-7/h1-4,7-8,18H,5-6,13H2,(H2,14,15,16,17). The first-order valence-electron chi connectivity index (χ1n) is 5.94. The number of rotatable bonds is 3. The highest BCUT2D eigenvalue weighted by Gasteiger charge is 2.27. The number of nitrogens with two attached hydrogens (primary N) is 1. The minimum absolute atomic E-state index is 0.192. The van der Waals surface area contributed by atoms with Crippen molar-refractivity contribution in [2.45, 2.75) is 25.0 Å². The van der Waals surface area contributed by atoms with Crippen LogP contribution in [0.5, 0.6) is 0 Å². The molecule has 1 aromatic heterocycles. The Morgan fingerprint density at radius 1 is 1.22 bits per heavy atom. The first kappa shape index (κ1) is 11.2. The summed E-state index contributed by atoms with van der Waals surface area (Å²) in [6.45, 7) is 0. The van der Waals surface area contributed by atoms with Crippen molar-refractivity contribution in [1.29, 1.82) is 0 Å². The number of anilines is 2. The number of hydrogen-bond acceptors (Lipinski definition) is 6. The van der Waals surface area contributed by atoms with E-state index >= 15 is 0 Å². The van der Waals surface area contributed by atoms with E-state index in [1.807, 2.05) is 24.3 Å². The van der Waals surface area contributed by atoms with E-state index in [-0.39, 0.29) is 12.1 Å². The van der Waals surface area contributed by atoms with Crippen LogP contribution in [0.2, 0.25) is 0 Å². The van der Waals surface area contributed by atoms with Gasteiger partial charge in [-0.3, -0.25) is 5.43 Å². The topological polar surface area (TPSA) is 96.1 Å². The van der Waals surface area contributed by atoms with Gasteiger partial charge in [0.1, 0.15) is 5.82 Å². The van der Waals surface area contributed by atoms with E-state index in [1.54, 1.807) is 0 Å². The van der Waals surface area contributed by atoms with Crippen LogP contribution < -0.4 is 16.6 Å². The number of aromatic nitrogens is 2. The highest BCUT2D eigenvalue weighted by molar-refractivity contribution is 5.90. The number of hydrogen-bond donors (Lipinski definition) is 4. The Hall–Kier alpha value is -1.92. The van der Waals surface area contributed by atoms with Gasteiger partial charge in [0.05, 0.1) is 11.6 Å². The molecule has 94 valence electrons. The molecule has 1 heterocycles. The van der Waals surface area contributed by atoms with E-state index in [2.05, 4.69) is 20.7 Å². The number of benzene rings is 1. The number of aliphatic hydroxyl groups excluding tert-OH is 1. The van der Waals surface area contributed by atoms with E-state index in [0.29, 0.717) is 5.95 Å². The van der Waals surface area contributed by atoms with Gasteiger partial charge in [0.15, 0.2) is 0 Å². The summed E-state index contributed by atoms with van der Waals surface area (Å²) in [5.74, 6) is 6.51. The third-order valence-electron chi connectivity index (χ3n) is 3.19. The molecule has 1 aliphatic rings. The van der Waals surface area contributed by atoms with Gasteiger partial charge in [-0.05, 0) is 25.0 Å². The van der Waals surface area contributed by atoms with E-state index in [9.17, 15) is 5.11 Å². The predicted octanol–water partition coefficient (Wildman–Crippen LogP) is 0.851. The maximum atomic E-state index is 9.31. The fourth-order valence-corrected chi connectivity index (χ4v) is 2.15. The summed E-state index contributed by atoms with van der Waals surface area (Å²) in [5, 5.41) is 13.6. The highest BCUT2D eigenvalue weighted by atomic mass is 16.3. The Labute approximate surface area is 104 Å². The molecule has 0 amide bonds. The molecule has 1 saturated carbocycles. The molecule has 0 spiro atoms. The molecular weight excluding hydrogens is 230 g/mol. The Kier molecular flexibility index (Phi) is 2.73. The van der Waals surface area contributed by atoms with Crippen LogP contribution in [0.25, 0.3) is 10.9 Å². The van der Waals surface area contributed by atoms with Crippen LogP contribution in [0.4, 0.5) is 11.8 Å². The second kappa shape index (κ2) is 4.40. The largest absolute Gasteiger partial charge is 0.393 e.